The van der Waals surface area contributed by atoms with Gasteiger partial charge in [-0.05, 0) is 34.7 Å². The smallest absolute Gasteiger partial charge is 0.483 e. The van der Waals surface area contributed by atoms with Crippen molar-refractivity contribution in [3.8, 4) is 5.75 Å². The summed E-state index contributed by atoms with van der Waals surface area (Å²) in [6.45, 7) is 1.29. The lowest BCUT2D eigenvalue weighted by Crippen LogP contribution is -2.52. The van der Waals surface area contributed by atoms with Crippen LogP contribution in [-0.2, 0) is 33.1 Å². The molecule has 0 fully saturated rings. The SMILES string of the molecule is CC(=O)CC(=O)Nc1ccc2cc(O)cc([S+]([O])(=O)O[NH3+])c2c1. The Morgan fingerprint density at radius 2 is 2.00 bits per heavy atom. The zero-order chi connectivity index (χ0) is 17.2. The summed E-state index contributed by atoms with van der Waals surface area (Å²) in [4.78, 5) is 22.3. The molecular formula is C14H15N2O6S+2. The number of phenols is 1. The molecule has 0 aliphatic heterocycles. The summed E-state index contributed by atoms with van der Waals surface area (Å²) < 4.78 is 28.1. The number of nitrogens with one attached hydrogen (secondary N) is 1. The van der Waals surface area contributed by atoms with Crippen molar-refractivity contribution >= 4 is 38.6 Å². The maximum Gasteiger partial charge on any atom is 0.483 e. The van der Waals surface area contributed by atoms with Gasteiger partial charge in [0.15, 0.2) is 0 Å². The fraction of sp³-hybridized carbons (Fsp3) is 0.143. The van der Waals surface area contributed by atoms with Gasteiger partial charge in [0.2, 0.25) is 10.8 Å². The molecule has 0 saturated carbocycles. The summed E-state index contributed by atoms with van der Waals surface area (Å²) in [5.41, 5.74) is 0.315. The quantitative estimate of drug-likeness (QED) is 0.419. The largest absolute Gasteiger partial charge is 0.508 e. The minimum Gasteiger partial charge on any atom is -0.508 e. The molecule has 1 unspecified atom stereocenters. The van der Waals surface area contributed by atoms with Crippen molar-refractivity contribution in [1.29, 1.82) is 0 Å². The van der Waals surface area contributed by atoms with E-state index in [0.29, 0.717) is 11.1 Å². The van der Waals surface area contributed by atoms with Gasteiger partial charge in [0.25, 0.3) is 0 Å². The molecule has 0 aromatic heterocycles. The van der Waals surface area contributed by atoms with E-state index in [-0.39, 0.29) is 28.2 Å². The highest BCUT2D eigenvalue weighted by Gasteiger charge is 2.39. The average Bonchev–Trinajstić information content (AvgIpc) is 2.45. The van der Waals surface area contributed by atoms with Crippen LogP contribution in [0.4, 0.5) is 5.69 Å². The Morgan fingerprint density at radius 1 is 1.30 bits per heavy atom. The van der Waals surface area contributed by atoms with Gasteiger partial charge >= 0.3 is 10.5 Å². The highest BCUT2D eigenvalue weighted by molar-refractivity contribution is 7.93. The second-order valence-electron chi connectivity index (χ2n) is 4.88. The van der Waals surface area contributed by atoms with E-state index in [2.05, 4.69) is 15.5 Å². The number of phenolic OH excluding ortho intramolecular Hbond substituents is 1. The maximum absolute atomic E-state index is 11.9. The molecule has 0 saturated heterocycles. The van der Waals surface area contributed by atoms with Crippen LogP contribution in [0, 0.1) is 0 Å². The van der Waals surface area contributed by atoms with Crippen molar-refractivity contribution in [3.05, 3.63) is 30.3 Å². The van der Waals surface area contributed by atoms with Gasteiger partial charge in [0.1, 0.15) is 11.5 Å². The molecule has 1 radical (unpaired) electrons. The molecule has 1 amide bonds. The second kappa shape index (κ2) is 6.42. The van der Waals surface area contributed by atoms with Crippen LogP contribution >= 0.6 is 0 Å². The van der Waals surface area contributed by atoms with E-state index in [4.69, 9.17) is 0 Å². The molecule has 0 aliphatic rings. The van der Waals surface area contributed by atoms with Crippen LogP contribution in [0.2, 0.25) is 0 Å². The molecular weight excluding hydrogens is 324 g/mol. The summed E-state index contributed by atoms with van der Waals surface area (Å²) in [7, 11) is -4.15. The summed E-state index contributed by atoms with van der Waals surface area (Å²) in [5, 5.41) is 12.8. The lowest BCUT2D eigenvalue weighted by molar-refractivity contribution is -0.637. The molecule has 0 bridgehead atoms. The van der Waals surface area contributed by atoms with E-state index in [1.165, 1.54) is 31.2 Å². The molecule has 23 heavy (non-hydrogen) atoms. The molecule has 121 valence electrons. The Hall–Kier alpha value is -2.33. The number of hydrogen-bond donors (Lipinski definition) is 3. The lowest BCUT2D eigenvalue weighted by atomic mass is 10.1. The number of rotatable bonds is 5. The van der Waals surface area contributed by atoms with Crippen molar-refractivity contribution in [2.24, 2.45) is 0 Å². The fourth-order valence-electron chi connectivity index (χ4n) is 2.09. The number of ketones is 1. The van der Waals surface area contributed by atoms with Gasteiger partial charge in [0.05, 0.1) is 15.3 Å². The summed E-state index contributed by atoms with van der Waals surface area (Å²) in [6.07, 6.45) is -0.277. The van der Waals surface area contributed by atoms with Crippen LogP contribution in [0.5, 0.6) is 5.75 Å². The molecule has 9 heteroatoms. The first kappa shape index (κ1) is 17.0. The number of anilines is 1. The van der Waals surface area contributed by atoms with Gasteiger partial charge in [-0.3, -0.25) is 9.59 Å². The first-order valence-electron chi connectivity index (χ1n) is 6.47. The summed E-state index contributed by atoms with van der Waals surface area (Å²) in [6, 6.07) is 6.88. The zero-order valence-electron chi connectivity index (χ0n) is 12.2. The predicted molar refractivity (Wildman–Crippen MR) is 80.5 cm³/mol. The van der Waals surface area contributed by atoms with Gasteiger partial charge in [-0.25, -0.2) is 0 Å². The van der Waals surface area contributed by atoms with Gasteiger partial charge in [0, 0.05) is 17.1 Å². The van der Waals surface area contributed by atoms with Crippen molar-refractivity contribution in [2.45, 2.75) is 18.2 Å². The Balaban J connectivity index is 2.51. The lowest BCUT2D eigenvalue weighted by Gasteiger charge is -2.07. The van der Waals surface area contributed by atoms with E-state index in [1.54, 1.807) is 0 Å². The third-order valence-electron chi connectivity index (χ3n) is 3.02. The van der Waals surface area contributed by atoms with E-state index in [1.807, 2.05) is 0 Å². The molecule has 5 N–H and O–H groups in total. The average molecular weight is 339 g/mol. The summed E-state index contributed by atoms with van der Waals surface area (Å²) >= 11 is 0. The number of carbonyl (C=O) groups is 2. The number of carbonyl (C=O) groups excluding carboxylic acids is 2. The Bertz CT molecular complexity index is 835. The third-order valence-corrected chi connectivity index (χ3v) is 4.21. The Labute approximate surface area is 132 Å². The number of aromatic hydroxyl groups is 1. The van der Waals surface area contributed by atoms with Crippen molar-refractivity contribution < 1.29 is 33.6 Å². The third kappa shape index (κ3) is 3.90. The molecule has 2 aromatic rings. The van der Waals surface area contributed by atoms with E-state index in [9.17, 15) is 23.5 Å². The van der Waals surface area contributed by atoms with Crippen LogP contribution in [-0.4, -0.2) is 16.8 Å². The van der Waals surface area contributed by atoms with Crippen LogP contribution in [0.1, 0.15) is 13.3 Å². The molecule has 2 aromatic carbocycles. The molecule has 0 heterocycles. The van der Waals surface area contributed by atoms with E-state index < -0.39 is 16.4 Å². The van der Waals surface area contributed by atoms with Crippen LogP contribution in [0.15, 0.2) is 35.2 Å². The monoisotopic (exact) mass is 339 g/mol. The minimum absolute atomic E-state index is 0.243. The number of amides is 1. The molecule has 1 atom stereocenters. The van der Waals surface area contributed by atoms with Crippen molar-refractivity contribution in [2.75, 3.05) is 5.32 Å². The van der Waals surface area contributed by atoms with Gasteiger partial charge in [-0.1, -0.05) is 6.07 Å². The predicted octanol–water partition coefficient (Wildman–Crippen LogP) is 0.755. The standard InChI is InChI=1S/C14H14N2O6S/c1-8(17)4-14(19)16-10-3-2-9-5-11(18)7-13(12(9)6-10)23(20,21)22-15/h2-3,5-7H,4H2,1,15H3,(H-,16,18,19,20)/q+1/p+1. The van der Waals surface area contributed by atoms with Crippen LogP contribution < -0.4 is 11.2 Å². The molecule has 2 rings (SSSR count). The highest BCUT2D eigenvalue weighted by atomic mass is 32.3. The van der Waals surface area contributed by atoms with Gasteiger partial charge in [-0.2, -0.15) is 5.90 Å². The highest BCUT2D eigenvalue weighted by Crippen LogP contribution is 2.33. The first-order chi connectivity index (χ1) is 10.7. The van der Waals surface area contributed by atoms with E-state index in [0.717, 1.165) is 6.07 Å². The van der Waals surface area contributed by atoms with Crippen molar-refractivity contribution in [1.82, 2.24) is 0 Å². The molecule has 0 aliphatic carbocycles. The summed E-state index contributed by atoms with van der Waals surface area (Å²) in [5.74, 6) is 1.85. The Kier molecular flexibility index (Phi) is 4.76. The molecule has 8 nitrogen and oxygen atoms in total. The first-order valence-corrected chi connectivity index (χ1v) is 7.88. The normalized spacial score (nSPS) is 13.5. The number of Topliss-reactive ketones (excluding diaryl/α,β-unsaturated/α-hetero) is 1. The fourth-order valence-corrected chi connectivity index (χ4v) is 2.93. The van der Waals surface area contributed by atoms with Crippen LogP contribution in [0.25, 0.3) is 10.8 Å². The second-order valence-corrected chi connectivity index (χ2v) is 6.46. The van der Waals surface area contributed by atoms with Crippen molar-refractivity contribution in [3.63, 3.8) is 0 Å². The van der Waals surface area contributed by atoms with Gasteiger partial charge < -0.3 is 10.4 Å². The number of benzene rings is 2. The van der Waals surface area contributed by atoms with Crippen LogP contribution in [0.3, 0.4) is 0 Å². The number of fused-ring (bicyclic) bond motifs is 1. The number of hydrogen-bond acceptors (Lipinski definition) is 5. The number of quaternary nitrogens is 1. The zero-order valence-corrected chi connectivity index (χ0v) is 13.0. The minimum atomic E-state index is -4.15. The van der Waals surface area contributed by atoms with Gasteiger partial charge in [-0.15, -0.1) is 0 Å². The van der Waals surface area contributed by atoms with E-state index >= 15 is 0 Å². The topological polar surface area (TPSA) is 140 Å². The maximum atomic E-state index is 11.9. The molecule has 0 spiro atoms. The Morgan fingerprint density at radius 3 is 2.61 bits per heavy atom.